The van der Waals surface area contributed by atoms with Crippen LogP contribution in [0.4, 0.5) is 0 Å². The van der Waals surface area contributed by atoms with Gasteiger partial charge in [-0.25, -0.2) is 0 Å². The number of nitriles is 1. The molecule has 1 aromatic rings. The molecule has 0 N–H and O–H groups in total. The van der Waals surface area contributed by atoms with E-state index in [1.165, 1.54) is 0 Å². The Kier molecular flexibility index (Phi) is 5.70. The highest BCUT2D eigenvalue weighted by Crippen LogP contribution is 2.35. The third-order valence-electron chi connectivity index (χ3n) is 3.43. The van der Waals surface area contributed by atoms with Crippen LogP contribution in [0.1, 0.15) is 20.3 Å². The van der Waals surface area contributed by atoms with Gasteiger partial charge in [-0.1, -0.05) is 6.92 Å². The molecule has 0 fully saturated rings. The summed E-state index contributed by atoms with van der Waals surface area (Å²) in [6.07, 6.45) is 0.931. The lowest BCUT2D eigenvalue weighted by Gasteiger charge is -2.21. The lowest BCUT2D eigenvalue weighted by atomic mass is 10.2. The maximum atomic E-state index is 8.85. The summed E-state index contributed by atoms with van der Waals surface area (Å²) in [4.78, 5) is 2.27. The smallest absolute Gasteiger partial charge is 0.231 e. The number of fused-ring (bicyclic) bond motifs is 1. The summed E-state index contributed by atoms with van der Waals surface area (Å²) in [7, 11) is 0. The Bertz CT molecular complexity index is 499. The van der Waals surface area contributed by atoms with Gasteiger partial charge in [-0.05, 0) is 32.0 Å². The van der Waals surface area contributed by atoms with Gasteiger partial charge < -0.3 is 19.1 Å². The maximum Gasteiger partial charge on any atom is 0.231 e. The largest absolute Gasteiger partial charge is 0.493 e. The van der Waals surface area contributed by atoms with Crippen LogP contribution in [-0.2, 0) is 0 Å². The van der Waals surface area contributed by atoms with Crippen LogP contribution in [0.2, 0.25) is 0 Å². The first-order chi connectivity index (χ1) is 10.2. The second-order valence-electron chi connectivity index (χ2n) is 5.14. The van der Waals surface area contributed by atoms with Crippen LogP contribution in [0.25, 0.3) is 0 Å². The number of rotatable bonds is 8. The maximum absolute atomic E-state index is 8.85. The zero-order valence-corrected chi connectivity index (χ0v) is 12.7. The molecule has 114 valence electrons. The van der Waals surface area contributed by atoms with Crippen LogP contribution in [0.3, 0.4) is 0 Å². The molecule has 1 aliphatic rings. The van der Waals surface area contributed by atoms with Crippen molar-refractivity contribution >= 4 is 0 Å². The molecule has 0 radical (unpaired) electrons. The third kappa shape index (κ3) is 4.54. The van der Waals surface area contributed by atoms with E-state index >= 15 is 0 Å². The standard InChI is InChI=1S/C16H22N2O3/c1-3-18(11-13(2)10-17)7-4-8-19-14-5-6-15-16(9-14)21-12-20-15/h5-6,9,13H,3-4,7-8,11-12H2,1-2H3. The van der Waals surface area contributed by atoms with Crippen molar-refractivity contribution in [2.24, 2.45) is 5.92 Å². The summed E-state index contributed by atoms with van der Waals surface area (Å²) < 4.78 is 16.3. The molecule has 1 atom stereocenters. The fourth-order valence-electron chi connectivity index (χ4n) is 2.25. The van der Waals surface area contributed by atoms with Gasteiger partial charge in [0.1, 0.15) is 5.75 Å². The van der Waals surface area contributed by atoms with E-state index in [0.717, 1.165) is 43.3 Å². The van der Waals surface area contributed by atoms with Crippen molar-refractivity contribution in [1.82, 2.24) is 4.90 Å². The fourth-order valence-corrected chi connectivity index (χ4v) is 2.25. The number of ether oxygens (including phenoxy) is 3. The van der Waals surface area contributed by atoms with Gasteiger partial charge in [0.05, 0.1) is 18.6 Å². The minimum Gasteiger partial charge on any atom is -0.493 e. The van der Waals surface area contributed by atoms with Gasteiger partial charge in [-0.15, -0.1) is 0 Å². The summed E-state index contributed by atoms with van der Waals surface area (Å²) in [6, 6.07) is 7.89. The van der Waals surface area contributed by atoms with Gasteiger partial charge in [0.15, 0.2) is 11.5 Å². The molecule has 0 amide bonds. The quantitative estimate of drug-likeness (QED) is 0.689. The molecule has 5 nitrogen and oxygen atoms in total. The molecule has 5 heteroatoms. The fraction of sp³-hybridized carbons (Fsp3) is 0.562. The van der Waals surface area contributed by atoms with E-state index in [2.05, 4.69) is 17.9 Å². The van der Waals surface area contributed by atoms with Gasteiger partial charge in [0.2, 0.25) is 6.79 Å². The molecule has 21 heavy (non-hydrogen) atoms. The Morgan fingerprint density at radius 1 is 1.38 bits per heavy atom. The molecule has 1 aromatic carbocycles. The van der Waals surface area contributed by atoms with Crippen LogP contribution >= 0.6 is 0 Å². The van der Waals surface area contributed by atoms with E-state index in [4.69, 9.17) is 19.5 Å². The van der Waals surface area contributed by atoms with Crippen LogP contribution in [0.15, 0.2) is 18.2 Å². The lowest BCUT2D eigenvalue weighted by Crippen LogP contribution is -2.29. The summed E-state index contributed by atoms with van der Waals surface area (Å²) in [6.45, 7) is 7.70. The van der Waals surface area contributed by atoms with Crippen LogP contribution < -0.4 is 14.2 Å². The monoisotopic (exact) mass is 290 g/mol. The molecule has 0 aliphatic carbocycles. The topological polar surface area (TPSA) is 54.7 Å². The van der Waals surface area contributed by atoms with E-state index in [1.54, 1.807) is 0 Å². The zero-order chi connectivity index (χ0) is 15.1. The molecule has 1 unspecified atom stereocenters. The SMILES string of the molecule is CCN(CCCOc1ccc2c(c1)OCO2)CC(C)C#N. The van der Waals surface area contributed by atoms with Gasteiger partial charge in [0, 0.05) is 19.2 Å². The Morgan fingerprint density at radius 3 is 2.95 bits per heavy atom. The minimum absolute atomic E-state index is 0.0692. The summed E-state index contributed by atoms with van der Waals surface area (Å²) in [5.41, 5.74) is 0. The Morgan fingerprint density at radius 2 is 2.19 bits per heavy atom. The van der Waals surface area contributed by atoms with Gasteiger partial charge in [0.25, 0.3) is 0 Å². The zero-order valence-electron chi connectivity index (χ0n) is 12.7. The first-order valence-corrected chi connectivity index (χ1v) is 7.37. The number of benzene rings is 1. The van der Waals surface area contributed by atoms with Gasteiger partial charge in [-0.2, -0.15) is 5.26 Å². The van der Waals surface area contributed by atoms with Crippen molar-refractivity contribution < 1.29 is 14.2 Å². The van der Waals surface area contributed by atoms with Crippen molar-refractivity contribution in [1.29, 1.82) is 5.26 Å². The normalized spacial score (nSPS) is 14.0. The first-order valence-electron chi connectivity index (χ1n) is 7.37. The van der Waals surface area contributed by atoms with E-state index in [1.807, 2.05) is 25.1 Å². The second kappa shape index (κ2) is 7.75. The number of hydrogen-bond donors (Lipinski definition) is 0. The Labute approximate surface area is 126 Å². The first kappa shape index (κ1) is 15.5. The predicted molar refractivity (Wildman–Crippen MR) is 79.6 cm³/mol. The van der Waals surface area contributed by atoms with Crippen molar-refractivity contribution in [2.45, 2.75) is 20.3 Å². The van der Waals surface area contributed by atoms with Gasteiger partial charge in [-0.3, -0.25) is 0 Å². The highest BCUT2D eigenvalue weighted by atomic mass is 16.7. The second-order valence-corrected chi connectivity index (χ2v) is 5.14. The van der Waals surface area contributed by atoms with Gasteiger partial charge >= 0.3 is 0 Å². The van der Waals surface area contributed by atoms with Crippen molar-refractivity contribution in [3.63, 3.8) is 0 Å². The number of nitrogens with zero attached hydrogens (tertiary/aromatic N) is 2. The van der Waals surface area contributed by atoms with Crippen molar-refractivity contribution in [3.8, 4) is 23.3 Å². The average Bonchev–Trinajstić information content (AvgIpc) is 2.97. The number of hydrogen-bond acceptors (Lipinski definition) is 5. The molecule has 1 heterocycles. The third-order valence-corrected chi connectivity index (χ3v) is 3.43. The lowest BCUT2D eigenvalue weighted by molar-refractivity contribution is 0.173. The molecular formula is C16H22N2O3. The van der Waals surface area contributed by atoms with E-state index in [9.17, 15) is 0 Å². The molecule has 0 spiro atoms. The van der Waals surface area contributed by atoms with Crippen molar-refractivity contribution in [2.75, 3.05) is 33.0 Å². The molecular weight excluding hydrogens is 268 g/mol. The Hall–Kier alpha value is -1.93. The van der Waals surface area contributed by atoms with E-state index in [-0.39, 0.29) is 12.7 Å². The van der Waals surface area contributed by atoms with E-state index < -0.39 is 0 Å². The summed E-state index contributed by atoms with van der Waals surface area (Å²) >= 11 is 0. The average molecular weight is 290 g/mol. The molecule has 0 saturated heterocycles. The van der Waals surface area contributed by atoms with Crippen LogP contribution in [0, 0.1) is 17.2 Å². The summed E-state index contributed by atoms with van der Waals surface area (Å²) in [5, 5.41) is 8.85. The molecule has 0 bridgehead atoms. The van der Waals surface area contributed by atoms with Crippen LogP contribution in [0.5, 0.6) is 17.2 Å². The predicted octanol–water partition coefficient (Wildman–Crippen LogP) is 2.67. The molecule has 0 saturated carbocycles. The Balaban J connectivity index is 1.70. The minimum atomic E-state index is 0.0692. The molecule has 2 rings (SSSR count). The molecule has 1 aliphatic heterocycles. The summed E-state index contributed by atoms with van der Waals surface area (Å²) in [5.74, 6) is 2.38. The highest BCUT2D eigenvalue weighted by Gasteiger charge is 2.13. The molecule has 0 aromatic heterocycles. The highest BCUT2D eigenvalue weighted by molar-refractivity contribution is 5.46. The van der Waals surface area contributed by atoms with E-state index in [0.29, 0.717) is 6.61 Å². The van der Waals surface area contributed by atoms with Crippen molar-refractivity contribution in [3.05, 3.63) is 18.2 Å². The van der Waals surface area contributed by atoms with Crippen LogP contribution in [-0.4, -0.2) is 37.9 Å².